The number of carbonyl (C=O) groups is 2. The second-order valence-corrected chi connectivity index (χ2v) is 9.84. The maximum Gasteiger partial charge on any atom is 0.220 e. The largest absolute Gasteiger partial charge is 0.350 e. The molecule has 1 fully saturated rings. The van der Waals surface area contributed by atoms with Crippen LogP contribution >= 0.6 is 0 Å². The average molecular weight is 478 g/mol. The van der Waals surface area contributed by atoms with Crippen molar-refractivity contribution in [2.24, 2.45) is 0 Å². The van der Waals surface area contributed by atoms with Crippen molar-refractivity contribution >= 4 is 22.6 Å². The van der Waals surface area contributed by atoms with Gasteiger partial charge in [-0.05, 0) is 65.8 Å². The Kier molecular flexibility index (Phi) is 6.81. The number of nitrogens with one attached hydrogen (secondary N) is 2. The summed E-state index contributed by atoms with van der Waals surface area (Å²) < 4.78 is 0. The summed E-state index contributed by atoms with van der Waals surface area (Å²) in [6, 6.07) is 26.5. The minimum atomic E-state index is -0.422. The van der Waals surface area contributed by atoms with Gasteiger partial charge in [-0.3, -0.25) is 14.6 Å². The van der Waals surface area contributed by atoms with Crippen molar-refractivity contribution in [2.75, 3.05) is 0 Å². The van der Waals surface area contributed by atoms with E-state index in [4.69, 9.17) is 0 Å². The molecule has 36 heavy (non-hydrogen) atoms. The number of hydrogen-bond acceptors (Lipinski definition) is 3. The molecule has 0 unspecified atom stereocenters. The van der Waals surface area contributed by atoms with Crippen LogP contribution in [-0.4, -0.2) is 22.3 Å². The first-order valence-electron chi connectivity index (χ1n) is 12.5. The summed E-state index contributed by atoms with van der Waals surface area (Å²) in [5.41, 5.74) is 3.96. The third-order valence-corrected chi connectivity index (χ3v) is 7.23. The Morgan fingerprint density at radius 3 is 2.44 bits per heavy atom. The summed E-state index contributed by atoms with van der Waals surface area (Å²) in [7, 11) is 0. The van der Waals surface area contributed by atoms with Gasteiger partial charge in [-0.2, -0.15) is 0 Å². The molecule has 1 saturated heterocycles. The summed E-state index contributed by atoms with van der Waals surface area (Å²) >= 11 is 0. The van der Waals surface area contributed by atoms with Crippen LogP contribution in [0.1, 0.15) is 54.0 Å². The number of benzene rings is 3. The summed E-state index contributed by atoms with van der Waals surface area (Å²) in [4.78, 5) is 29.7. The van der Waals surface area contributed by atoms with Crippen LogP contribution in [0, 0.1) is 6.92 Å². The molecule has 5 nitrogen and oxygen atoms in total. The molecule has 3 aromatic carbocycles. The first kappa shape index (κ1) is 23.7. The molecule has 5 heteroatoms. The lowest BCUT2D eigenvalue weighted by Gasteiger charge is -2.30. The van der Waals surface area contributed by atoms with Crippen LogP contribution in [0.3, 0.4) is 0 Å². The highest BCUT2D eigenvalue weighted by atomic mass is 16.2. The normalized spacial score (nSPS) is 18.1. The average Bonchev–Trinajstić information content (AvgIpc) is 3.28. The molecule has 1 aliphatic heterocycles. The molecule has 5 rings (SSSR count). The van der Waals surface area contributed by atoms with E-state index in [1.807, 2.05) is 24.3 Å². The number of carbonyl (C=O) groups excluding carboxylic acids is 2. The van der Waals surface area contributed by atoms with Crippen molar-refractivity contribution in [3.8, 4) is 0 Å². The zero-order chi connectivity index (χ0) is 25.0. The molecule has 2 amide bonds. The second kappa shape index (κ2) is 10.3. The fraction of sp³-hybridized carbons (Fsp3) is 0.258. The van der Waals surface area contributed by atoms with Gasteiger partial charge in [0.1, 0.15) is 0 Å². The van der Waals surface area contributed by atoms with Gasteiger partial charge in [0, 0.05) is 30.8 Å². The van der Waals surface area contributed by atoms with E-state index in [0.717, 1.165) is 17.5 Å². The molecule has 2 atom stereocenters. The Balaban J connectivity index is 1.34. The van der Waals surface area contributed by atoms with Crippen LogP contribution in [0.4, 0.5) is 0 Å². The predicted molar refractivity (Wildman–Crippen MR) is 142 cm³/mol. The summed E-state index contributed by atoms with van der Waals surface area (Å²) in [5.74, 6) is 0.0285. The van der Waals surface area contributed by atoms with Crippen LogP contribution in [0.25, 0.3) is 10.8 Å². The van der Waals surface area contributed by atoms with Crippen molar-refractivity contribution in [3.63, 3.8) is 0 Å². The SMILES string of the molecule is Cc1ccc([C@H](NC(=O)CC[C@]2(Cc3cccc4ccccc34)CCC(=O)N2)c2ccncc2)cc1. The van der Waals surface area contributed by atoms with E-state index >= 15 is 0 Å². The lowest BCUT2D eigenvalue weighted by Crippen LogP contribution is -2.44. The lowest BCUT2D eigenvalue weighted by atomic mass is 9.83. The molecule has 1 aromatic heterocycles. The van der Waals surface area contributed by atoms with Crippen LogP contribution < -0.4 is 10.6 Å². The summed E-state index contributed by atoms with van der Waals surface area (Å²) in [6.45, 7) is 2.05. The van der Waals surface area contributed by atoms with Crippen LogP contribution in [-0.2, 0) is 16.0 Å². The third kappa shape index (κ3) is 5.30. The molecular formula is C31H31N3O2. The van der Waals surface area contributed by atoms with E-state index in [9.17, 15) is 9.59 Å². The van der Waals surface area contributed by atoms with Crippen LogP contribution in [0.2, 0.25) is 0 Å². The third-order valence-electron chi connectivity index (χ3n) is 7.23. The number of pyridine rings is 1. The van der Waals surface area contributed by atoms with Gasteiger partial charge < -0.3 is 10.6 Å². The van der Waals surface area contributed by atoms with Crippen molar-refractivity contribution in [1.82, 2.24) is 15.6 Å². The van der Waals surface area contributed by atoms with Gasteiger partial charge in [0.2, 0.25) is 11.8 Å². The lowest BCUT2D eigenvalue weighted by molar-refractivity contribution is -0.123. The number of hydrogen-bond donors (Lipinski definition) is 2. The van der Waals surface area contributed by atoms with Crippen molar-refractivity contribution in [1.29, 1.82) is 0 Å². The molecule has 0 saturated carbocycles. The highest BCUT2D eigenvalue weighted by molar-refractivity contribution is 5.86. The standard InChI is InChI=1S/C31H31N3O2/c1-22-9-11-24(12-10-22)30(25-15-19-32-20-16-25)33-28(35)13-17-31(18-14-29(36)34-31)21-26-7-4-6-23-5-2-3-8-27(23)26/h2-12,15-16,19-20,30H,13-14,17-18,21H2,1H3,(H,33,35)(H,34,36)/t30-,31+/m0/s1. The van der Waals surface area contributed by atoms with E-state index in [-0.39, 0.29) is 17.9 Å². The highest BCUT2D eigenvalue weighted by Gasteiger charge is 2.38. The van der Waals surface area contributed by atoms with Gasteiger partial charge >= 0.3 is 0 Å². The molecule has 0 radical (unpaired) electrons. The first-order chi connectivity index (χ1) is 17.5. The Labute approximate surface area is 212 Å². The quantitative estimate of drug-likeness (QED) is 0.356. The molecular weight excluding hydrogens is 446 g/mol. The molecule has 0 aliphatic carbocycles. The first-order valence-corrected chi connectivity index (χ1v) is 12.5. The molecule has 0 bridgehead atoms. The molecule has 182 valence electrons. The highest BCUT2D eigenvalue weighted by Crippen LogP contribution is 2.32. The smallest absolute Gasteiger partial charge is 0.220 e. The molecule has 0 spiro atoms. The Morgan fingerprint density at radius 1 is 0.972 bits per heavy atom. The van der Waals surface area contributed by atoms with Crippen LogP contribution in [0.5, 0.6) is 0 Å². The molecule has 4 aromatic rings. The topological polar surface area (TPSA) is 71.1 Å². The Morgan fingerprint density at radius 2 is 1.69 bits per heavy atom. The maximum absolute atomic E-state index is 13.3. The Hall–Kier alpha value is -3.99. The second-order valence-electron chi connectivity index (χ2n) is 9.84. The number of fused-ring (bicyclic) bond motifs is 1. The molecule has 2 N–H and O–H groups in total. The fourth-order valence-corrected chi connectivity index (χ4v) is 5.25. The minimum absolute atomic E-state index is 0.0316. The minimum Gasteiger partial charge on any atom is -0.350 e. The molecule has 1 aliphatic rings. The fourth-order valence-electron chi connectivity index (χ4n) is 5.25. The predicted octanol–water partition coefficient (Wildman–Crippen LogP) is 5.42. The molecule has 2 heterocycles. The number of aryl methyl sites for hydroxylation is 1. The van der Waals surface area contributed by atoms with Gasteiger partial charge in [-0.25, -0.2) is 0 Å². The summed E-state index contributed by atoms with van der Waals surface area (Å²) in [5, 5.41) is 8.85. The Bertz CT molecular complexity index is 1360. The van der Waals surface area contributed by atoms with E-state index < -0.39 is 5.54 Å². The van der Waals surface area contributed by atoms with Gasteiger partial charge in [0.15, 0.2) is 0 Å². The monoisotopic (exact) mass is 477 g/mol. The number of aromatic nitrogens is 1. The van der Waals surface area contributed by atoms with Gasteiger partial charge in [0.05, 0.1) is 6.04 Å². The number of amides is 2. The van der Waals surface area contributed by atoms with E-state index in [1.165, 1.54) is 21.9 Å². The van der Waals surface area contributed by atoms with E-state index in [0.29, 0.717) is 25.7 Å². The van der Waals surface area contributed by atoms with Gasteiger partial charge in [-0.1, -0.05) is 72.3 Å². The van der Waals surface area contributed by atoms with Crippen molar-refractivity contribution in [2.45, 2.75) is 50.6 Å². The van der Waals surface area contributed by atoms with E-state index in [1.54, 1.807) is 12.4 Å². The number of nitrogens with zero attached hydrogens (tertiary/aromatic N) is 1. The van der Waals surface area contributed by atoms with Gasteiger partial charge in [0.25, 0.3) is 0 Å². The maximum atomic E-state index is 13.3. The van der Waals surface area contributed by atoms with Crippen molar-refractivity contribution in [3.05, 3.63) is 114 Å². The number of rotatable bonds is 8. The summed E-state index contributed by atoms with van der Waals surface area (Å²) in [6.07, 6.45) is 6.34. The van der Waals surface area contributed by atoms with Crippen molar-refractivity contribution < 1.29 is 9.59 Å². The zero-order valence-electron chi connectivity index (χ0n) is 20.5. The van der Waals surface area contributed by atoms with Crippen LogP contribution in [0.15, 0.2) is 91.3 Å². The zero-order valence-corrected chi connectivity index (χ0v) is 20.5. The van der Waals surface area contributed by atoms with E-state index in [2.05, 4.69) is 77.1 Å². The van der Waals surface area contributed by atoms with Gasteiger partial charge in [-0.15, -0.1) is 0 Å².